The normalized spacial score (nSPS) is 42.8. The first-order chi connectivity index (χ1) is 5.38. The summed E-state index contributed by atoms with van der Waals surface area (Å²) in [5.41, 5.74) is 2.78. The fraction of sp³-hybridized carbons (Fsp3) is 1.00. The second kappa shape index (κ2) is 3.09. The molecule has 0 aromatic carbocycles. The van der Waals surface area contributed by atoms with E-state index in [1.54, 1.807) is 0 Å². The molecule has 2 saturated heterocycles. The van der Waals surface area contributed by atoms with Crippen LogP contribution in [-0.2, 0) is 0 Å². The molecule has 0 amide bonds. The third-order valence-corrected chi connectivity index (χ3v) is 2.98. The molecular formula is C8H17N3. The Morgan fingerprint density at radius 1 is 1.27 bits per heavy atom. The van der Waals surface area contributed by atoms with Crippen molar-refractivity contribution in [2.75, 3.05) is 6.54 Å². The van der Waals surface area contributed by atoms with E-state index in [-0.39, 0.29) is 0 Å². The van der Waals surface area contributed by atoms with Gasteiger partial charge in [-0.1, -0.05) is 0 Å². The van der Waals surface area contributed by atoms with Crippen LogP contribution < -0.4 is 16.6 Å². The van der Waals surface area contributed by atoms with Gasteiger partial charge in [-0.15, -0.1) is 0 Å². The van der Waals surface area contributed by atoms with Crippen molar-refractivity contribution in [2.24, 2.45) is 11.8 Å². The summed E-state index contributed by atoms with van der Waals surface area (Å²) < 4.78 is 0. The first kappa shape index (κ1) is 7.53. The molecule has 2 fully saturated rings. The molecule has 4 N–H and O–H groups in total. The molecule has 3 nitrogen and oxygen atoms in total. The minimum absolute atomic E-state index is 0.798. The van der Waals surface area contributed by atoms with Gasteiger partial charge in [0.05, 0.1) is 0 Å². The van der Waals surface area contributed by atoms with Crippen LogP contribution in [0.3, 0.4) is 0 Å². The lowest BCUT2D eigenvalue weighted by Gasteiger charge is -2.28. The molecule has 64 valence electrons. The van der Waals surface area contributed by atoms with Gasteiger partial charge in [0.2, 0.25) is 0 Å². The van der Waals surface area contributed by atoms with Gasteiger partial charge < -0.3 is 5.32 Å². The Balaban J connectivity index is 1.87. The Kier molecular flexibility index (Phi) is 2.11. The summed E-state index contributed by atoms with van der Waals surface area (Å²) in [5.74, 6) is 6.12. The molecule has 0 radical (unpaired) electrons. The number of fused-ring (bicyclic) bond motifs is 2. The van der Waals surface area contributed by atoms with Crippen molar-refractivity contribution in [2.45, 2.75) is 37.8 Å². The maximum absolute atomic E-state index is 5.30. The van der Waals surface area contributed by atoms with Crippen molar-refractivity contribution in [3.63, 3.8) is 0 Å². The molecule has 2 unspecified atom stereocenters. The van der Waals surface area contributed by atoms with Crippen molar-refractivity contribution in [3.05, 3.63) is 0 Å². The minimum atomic E-state index is 0.798. The van der Waals surface area contributed by atoms with Crippen molar-refractivity contribution >= 4 is 0 Å². The van der Waals surface area contributed by atoms with E-state index in [1.165, 1.54) is 25.7 Å². The monoisotopic (exact) mass is 155 g/mol. The molecule has 2 rings (SSSR count). The number of hydrazine groups is 1. The second-order valence-corrected chi connectivity index (χ2v) is 3.88. The topological polar surface area (TPSA) is 50.1 Å². The van der Waals surface area contributed by atoms with Crippen molar-refractivity contribution in [1.29, 1.82) is 0 Å². The number of piperidine rings is 1. The molecule has 0 spiro atoms. The van der Waals surface area contributed by atoms with Crippen LogP contribution >= 0.6 is 0 Å². The fourth-order valence-corrected chi connectivity index (χ4v) is 2.51. The minimum Gasteiger partial charge on any atom is -0.311 e. The summed E-state index contributed by atoms with van der Waals surface area (Å²) >= 11 is 0. The van der Waals surface area contributed by atoms with Crippen LogP contribution in [0, 0.1) is 5.92 Å². The summed E-state index contributed by atoms with van der Waals surface area (Å²) in [6, 6.07) is 1.60. The van der Waals surface area contributed by atoms with Gasteiger partial charge in [-0.05, 0) is 31.6 Å². The highest BCUT2D eigenvalue weighted by Gasteiger charge is 2.32. The quantitative estimate of drug-likeness (QED) is 0.388. The molecule has 0 aromatic rings. The van der Waals surface area contributed by atoms with Gasteiger partial charge >= 0.3 is 0 Å². The Bertz CT molecular complexity index is 125. The van der Waals surface area contributed by atoms with Gasteiger partial charge in [0.15, 0.2) is 0 Å². The van der Waals surface area contributed by atoms with E-state index in [4.69, 9.17) is 5.84 Å². The summed E-state index contributed by atoms with van der Waals surface area (Å²) in [5, 5.41) is 3.61. The van der Waals surface area contributed by atoms with Gasteiger partial charge in [0.25, 0.3) is 0 Å². The van der Waals surface area contributed by atoms with E-state index in [0.29, 0.717) is 0 Å². The van der Waals surface area contributed by atoms with Crippen LogP contribution in [0.25, 0.3) is 0 Å². The molecule has 2 heterocycles. The average molecular weight is 155 g/mol. The van der Waals surface area contributed by atoms with E-state index in [0.717, 1.165) is 24.5 Å². The predicted octanol–water partition coefficient (Wildman–Crippen LogP) is -0.0197. The zero-order chi connectivity index (χ0) is 7.68. The molecular weight excluding hydrogens is 138 g/mol. The smallest absolute Gasteiger partial charge is 0.0127 e. The standard InChI is InChI=1S/C8H17N3/c9-10-5-6-3-7-1-2-8(4-6)11-7/h6-8,10-11H,1-5,9H2. The van der Waals surface area contributed by atoms with Crippen molar-refractivity contribution in [1.82, 2.24) is 10.7 Å². The first-order valence-corrected chi connectivity index (χ1v) is 4.58. The molecule has 0 aliphatic carbocycles. The molecule has 0 aromatic heterocycles. The van der Waals surface area contributed by atoms with E-state index in [9.17, 15) is 0 Å². The summed E-state index contributed by atoms with van der Waals surface area (Å²) in [7, 11) is 0. The molecule has 2 bridgehead atoms. The molecule has 2 aliphatic rings. The lowest BCUT2D eigenvalue weighted by atomic mass is 9.93. The van der Waals surface area contributed by atoms with Gasteiger partial charge in [0.1, 0.15) is 0 Å². The lowest BCUT2D eigenvalue weighted by molar-refractivity contribution is 0.291. The van der Waals surface area contributed by atoms with Crippen LogP contribution in [0.4, 0.5) is 0 Å². The van der Waals surface area contributed by atoms with Crippen LogP contribution in [0.2, 0.25) is 0 Å². The van der Waals surface area contributed by atoms with Gasteiger partial charge in [-0.3, -0.25) is 11.3 Å². The number of nitrogens with one attached hydrogen (secondary N) is 2. The van der Waals surface area contributed by atoms with Crippen molar-refractivity contribution in [3.8, 4) is 0 Å². The third kappa shape index (κ3) is 1.55. The summed E-state index contributed by atoms with van der Waals surface area (Å²) in [6.07, 6.45) is 5.40. The maximum Gasteiger partial charge on any atom is 0.0127 e. The highest BCUT2D eigenvalue weighted by molar-refractivity contribution is 4.92. The fourth-order valence-electron chi connectivity index (χ4n) is 2.51. The maximum atomic E-state index is 5.30. The van der Waals surface area contributed by atoms with Gasteiger partial charge in [0, 0.05) is 18.6 Å². The Labute approximate surface area is 67.7 Å². The molecule has 3 heteroatoms. The van der Waals surface area contributed by atoms with Crippen molar-refractivity contribution < 1.29 is 0 Å². The summed E-state index contributed by atoms with van der Waals surface area (Å²) in [6.45, 7) is 0.995. The SMILES string of the molecule is NNCC1CC2CCC(C1)N2. The zero-order valence-electron chi connectivity index (χ0n) is 6.84. The molecule has 11 heavy (non-hydrogen) atoms. The van der Waals surface area contributed by atoms with E-state index >= 15 is 0 Å². The van der Waals surface area contributed by atoms with Crippen LogP contribution in [0.1, 0.15) is 25.7 Å². The number of hydrogen-bond donors (Lipinski definition) is 3. The Hall–Kier alpha value is -0.120. The van der Waals surface area contributed by atoms with Gasteiger partial charge in [-0.2, -0.15) is 0 Å². The molecule has 2 atom stereocenters. The molecule has 0 saturated carbocycles. The predicted molar refractivity (Wildman–Crippen MR) is 44.9 cm³/mol. The van der Waals surface area contributed by atoms with Crippen LogP contribution in [0.15, 0.2) is 0 Å². The third-order valence-electron chi connectivity index (χ3n) is 2.98. The second-order valence-electron chi connectivity index (χ2n) is 3.88. The lowest BCUT2D eigenvalue weighted by Crippen LogP contribution is -2.42. The number of hydrogen-bond acceptors (Lipinski definition) is 3. The average Bonchev–Trinajstić information content (AvgIpc) is 2.32. The zero-order valence-corrected chi connectivity index (χ0v) is 6.84. The summed E-state index contributed by atoms with van der Waals surface area (Å²) in [4.78, 5) is 0. The van der Waals surface area contributed by atoms with E-state index in [2.05, 4.69) is 10.7 Å². The number of nitrogens with two attached hydrogens (primary N) is 1. The highest BCUT2D eigenvalue weighted by Crippen LogP contribution is 2.30. The number of rotatable bonds is 2. The van der Waals surface area contributed by atoms with E-state index < -0.39 is 0 Å². The largest absolute Gasteiger partial charge is 0.311 e. The van der Waals surface area contributed by atoms with Gasteiger partial charge in [-0.25, -0.2) is 0 Å². The highest BCUT2D eigenvalue weighted by atomic mass is 15.2. The Morgan fingerprint density at radius 3 is 2.45 bits per heavy atom. The van der Waals surface area contributed by atoms with Crippen LogP contribution in [0.5, 0.6) is 0 Å². The molecule has 2 aliphatic heterocycles. The Morgan fingerprint density at radius 2 is 1.91 bits per heavy atom. The first-order valence-electron chi connectivity index (χ1n) is 4.58. The van der Waals surface area contributed by atoms with Crippen LogP contribution in [-0.4, -0.2) is 18.6 Å². The van der Waals surface area contributed by atoms with E-state index in [1.807, 2.05) is 0 Å².